The molecule has 0 aliphatic rings. The van der Waals surface area contributed by atoms with Crippen molar-refractivity contribution in [1.29, 1.82) is 0 Å². The number of carbonyl (C=O) groups excluding carboxylic acids is 2. The molecule has 0 radical (unpaired) electrons. The van der Waals surface area contributed by atoms with Crippen LogP contribution in [-0.2, 0) is 0 Å². The summed E-state index contributed by atoms with van der Waals surface area (Å²) in [5.41, 5.74) is 6.66. The van der Waals surface area contributed by atoms with Crippen LogP contribution < -0.4 is 10.2 Å². The minimum atomic E-state index is -0.472. The van der Waals surface area contributed by atoms with Gasteiger partial charge < -0.3 is 9.72 Å². The Morgan fingerprint density at radius 1 is 0.833 bits per heavy atom. The van der Waals surface area contributed by atoms with E-state index < -0.39 is 5.97 Å². The van der Waals surface area contributed by atoms with E-state index in [4.69, 9.17) is 4.74 Å². The fourth-order valence-electron chi connectivity index (χ4n) is 3.89. The van der Waals surface area contributed by atoms with Gasteiger partial charge >= 0.3 is 5.97 Å². The Kier molecular flexibility index (Phi) is 6.90. The van der Waals surface area contributed by atoms with E-state index in [1.165, 1.54) is 6.21 Å². The molecule has 4 aromatic carbocycles. The van der Waals surface area contributed by atoms with Crippen LogP contribution in [0.4, 0.5) is 0 Å². The lowest BCUT2D eigenvalue weighted by Crippen LogP contribution is -2.19. The lowest BCUT2D eigenvalue weighted by Gasteiger charge is -2.07. The minimum absolute atomic E-state index is 0.342. The van der Waals surface area contributed by atoms with Crippen LogP contribution in [0.25, 0.3) is 22.0 Å². The summed E-state index contributed by atoms with van der Waals surface area (Å²) < 4.78 is 6.57. The fourth-order valence-corrected chi connectivity index (χ4v) is 4.52. The average Bonchev–Trinajstić information content (AvgIpc) is 3.32. The van der Waals surface area contributed by atoms with Crippen LogP contribution >= 0.6 is 22.6 Å². The number of nitrogens with one attached hydrogen (secondary N) is 2. The third-order valence-electron chi connectivity index (χ3n) is 5.57. The van der Waals surface area contributed by atoms with Crippen molar-refractivity contribution >= 4 is 51.6 Å². The van der Waals surface area contributed by atoms with E-state index >= 15 is 0 Å². The fraction of sp³-hybridized carbons (Fsp3) is 0. The van der Waals surface area contributed by atoms with Gasteiger partial charge in [-0.05, 0) is 58.5 Å². The Hall–Kier alpha value is -4.24. The average molecular weight is 585 g/mol. The van der Waals surface area contributed by atoms with Crippen LogP contribution in [0.2, 0.25) is 0 Å². The normalized spacial score (nSPS) is 11.0. The molecule has 6 nitrogen and oxygen atoms in total. The molecule has 0 aliphatic carbocycles. The Bertz CT molecular complexity index is 1580. The zero-order valence-corrected chi connectivity index (χ0v) is 21.1. The maximum atomic E-state index is 13.2. The molecule has 0 saturated carbocycles. The van der Waals surface area contributed by atoms with E-state index in [0.29, 0.717) is 22.6 Å². The maximum absolute atomic E-state index is 13.2. The molecule has 1 aromatic heterocycles. The van der Waals surface area contributed by atoms with Gasteiger partial charge in [-0.1, -0.05) is 72.8 Å². The van der Waals surface area contributed by atoms with Crippen molar-refractivity contribution in [3.8, 4) is 16.9 Å². The number of aromatic nitrogens is 1. The van der Waals surface area contributed by atoms with Crippen molar-refractivity contribution in [3.63, 3.8) is 0 Å². The number of amides is 1. The zero-order valence-electron chi connectivity index (χ0n) is 18.9. The summed E-state index contributed by atoms with van der Waals surface area (Å²) >= 11 is 2.25. The predicted molar refractivity (Wildman–Crippen MR) is 149 cm³/mol. The number of nitrogens with zero attached hydrogens (tertiary/aromatic N) is 1. The van der Waals surface area contributed by atoms with E-state index in [1.807, 2.05) is 54.6 Å². The molecule has 1 heterocycles. The van der Waals surface area contributed by atoms with Crippen molar-refractivity contribution in [2.45, 2.75) is 0 Å². The molecule has 7 heteroatoms. The van der Waals surface area contributed by atoms with Gasteiger partial charge in [0.2, 0.25) is 0 Å². The van der Waals surface area contributed by atoms with Gasteiger partial charge in [0, 0.05) is 20.1 Å². The molecule has 0 spiro atoms. The molecule has 0 fully saturated rings. The van der Waals surface area contributed by atoms with Gasteiger partial charge in [-0.15, -0.1) is 0 Å². The van der Waals surface area contributed by atoms with Gasteiger partial charge in [-0.2, -0.15) is 5.10 Å². The lowest BCUT2D eigenvalue weighted by atomic mass is 10.0. The van der Waals surface area contributed by atoms with Gasteiger partial charge in [0.05, 0.1) is 17.3 Å². The van der Waals surface area contributed by atoms with Crippen molar-refractivity contribution in [2.24, 2.45) is 5.10 Å². The van der Waals surface area contributed by atoms with Crippen molar-refractivity contribution < 1.29 is 14.3 Å². The molecule has 2 N–H and O–H groups in total. The number of hydrazone groups is 1. The van der Waals surface area contributed by atoms with E-state index in [9.17, 15) is 9.59 Å². The number of benzene rings is 4. The Labute approximate surface area is 221 Å². The standard InChI is InChI=1S/C29H20IN3O3/c30-23-16-9-15-22-25(19-10-3-1-4-11-19)27(32-26(22)23)28(34)33-31-18-21-14-7-8-17-24(21)36-29(35)20-12-5-2-6-13-20/h1-18,32H,(H,33,34). The summed E-state index contributed by atoms with van der Waals surface area (Å²) in [5.74, 6) is -0.508. The van der Waals surface area contributed by atoms with Crippen molar-refractivity contribution in [1.82, 2.24) is 10.4 Å². The van der Waals surface area contributed by atoms with Crippen LogP contribution in [-0.4, -0.2) is 23.1 Å². The first-order valence-electron chi connectivity index (χ1n) is 11.2. The van der Waals surface area contributed by atoms with Crippen molar-refractivity contribution in [2.75, 3.05) is 0 Å². The SMILES string of the molecule is O=C(Oc1ccccc1C=NNC(=O)c1[nH]c2c(I)cccc2c1-c1ccccc1)c1ccccc1. The molecule has 0 saturated heterocycles. The van der Waals surface area contributed by atoms with E-state index in [0.717, 1.165) is 25.6 Å². The van der Waals surface area contributed by atoms with Crippen LogP contribution in [0.15, 0.2) is 108 Å². The number of fused-ring (bicyclic) bond motifs is 1. The second-order valence-electron chi connectivity index (χ2n) is 7.90. The highest BCUT2D eigenvalue weighted by Crippen LogP contribution is 2.34. The van der Waals surface area contributed by atoms with E-state index in [-0.39, 0.29) is 5.91 Å². The minimum Gasteiger partial charge on any atom is -0.422 e. The Morgan fingerprint density at radius 3 is 2.31 bits per heavy atom. The molecule has 0 unspecified atom stereocenters. The van der Waals surface area contributed by atoms with Gasteiger partial charge in [0.15, 0.2) is 0 Å². The number of carbonyl (C=O) groups is 2. The number of ether oxygens (including phenoxy) is 1. The first kappa shape index (κ1) is 23.5. The molecule has 1 amide bonds. The summed E-state index contributed by atoms with van der Waals surface area (Å²) in [5, 5.41) is 5.11. The number of rotatable bonds is 6. The second-order valence-corrected chi connectivity index (χ2v) is 9.06. The second kappa shape index (κ2) is 10.6. The molecular formula is C29H20IN3O3. The summed E-state index contributed by atoms with van der Waals surface area (Å²) in [4.78, 5) is 29.0. The predicted octanol–water partition coefficient (Wildman–Crippen LogP) is 6.42. The van der Waals surface area contributed by atoms with Gasteiger partial charge in [0.1, 0.15) is 11.4 Å². The smallest absolute Gasteiger partial charge is 0.343 e. The van der Waals surface area contributed by atoms with Gasteiger partial charge in [-0.3, -0.25) is 4.79 Å². The van der Waals surface area contributed by atoms with Crippen LogP contribution in [0.5, 0.6) is 5.75 Å². The zero-order chi connectivity index (χ0) is 24.9. The number of H-pyrrole nitrogens is 1. The molecule has 0 bridgehead atoms. The third-order valence-corrected chi connectivity index (χ3v) is 6.47. The topological polar surface area (TPSA) is 83.5 Å². The van der Waals surface area contributed by atoms with E-state index in [2.05, 4.69) is 38.1 Å². The highest BCUT2D eigenvalue weighted by molar-refractivity contribution is 14.1. The Balaban J connectivity index is 1.40. The number of para-hydroxylation sites is 2. The monoisotopic (exact) mass is 585 g/mol. The molecule has 0 atom stereocenters. The summed E-state index contributed by atoms with van der Waals surface area (Å²) in [6.07, 6.45) is 1.46. The molecule has 0 aliphatic heterocycles. The molecule has 36 heavy (non-hydrogen) atoms. The highest BCUT2D eigenvalue weighted by Gasteiger charge is 2.20. The molecular weight excluding hydrogens is 565 g/mol. The number of halogens is 1. The molecule has 5 rings (SSSR count). The number of hydrogen-bond acceptors (Lipinski definition) is 4. The quantitative estimate of drug-likeness (QED) is 0.0793. The van der Waals surface area contributed by atoms with Gasteiger partial charge in [-0.25, -0.2) is 10.2 Å². The van der Waals surface area contributed by atoms with Crippen LogP contribution in [0, 0.1) is 3.57 Å². The molecule has 176 valence electrons. The van der Waals surface area contributed by atoms with Crippen LogP contribution in [0.1, 0.15) is 26.4 Å². The van der Waals surface area contributed by atoms with Crippen LogP contribution in [0.3, 0.4) is 0 Å². The first-order chi connectivity index (χ1) is 17.6. The first-order valence-corrected chi connectivity index (χ1v) is 12.2. The van der Waals surface area contributed by atoms with E-state index in [1.54, 1.807) is 48.5 Å². The lowest BCUT2D eigenvalue weighted by molar-refractivity contribution is 0.0734. The largest absolute Gasteiger partial charge is 0.422 e. The van der Waals surface area contributed by atoms with Crippen molar-refractivity contribution in [3.05, 3.63) is 124 Å². The number of esters is 1. The maximum Gasteiger partial charge on any atom is 0.343 e. The van der Waals surface area contributed by atoms with Gasteiger partial charge in [0.25, 0.3) is 5.91 Å². The summed E-state index contributed by atoms with van der Waals surface area (Å²) in [7, 11) is 0. The molecule has 5 aromatic rings. The number of hydrogen-bond donors (Lipinski definition) is 2. The third kappa shape index (κ3) is 4.92. The highest BCUT2D eigenvalue weighted by atomic mass is 127. The Morgan fingerprint density at radius 2 is 1.53 bits per heavy atom. The summed E-state index contributed by atoms with van der Waals surface area (Å²) in [6, 6.07) is 31.5. The summed E-state index contributed by atoms with van der Waals surface area (Å²) in [6.45, 7) is 0. The number of aromatic amines is 1.